The molecule has 3 aromatic rings. The van der Waals surface area contributed by atoms with Crippen molar-refractivity contribution >= 4 is 12.3 Å². The van der Waals surface area contributed by atoms with E-state index in [1.165, 1.54) is 5.56 Å². The molecule has 0 aliphatic carbocycles. The molecule has 0 aromatic heterocycles. The molecular weight excluding hydrogens is 388 g/mol. The summed E-state index contributed by atoms with van der Waals surface area (Å²) in [6.45, 7) is 7.90. The largest absolute Gasteiger partial charge is 0.488 e. The molecule has 0 unspecified atom stereocenters. The number of para-hydroxylation sites is 1. The molecule has 0 saturated heterocycles. The van der Waals surface area contributed by atoms with Crippen molar-refractivity contribution in [1.29, 1.82) is 0 Å². The van der Waals surface area contributed by atoms with Crippen LogP contribution in [-0.4, -0.2) is 17.9 Å². The smallest absolute Gasteiger partial charge is 0.338 e. The van der Waals surface area contributed by atoms with Crippen LogP contribution in [-0.2, 0) is 17.8 Å². The Morgan fingerprint density at radius 1 is 0.903 bits per heavy atom. The van der Waals surface area contributed by atoms with Gasteiger partial charge >= 0.3 is 5.97 Å². The Morgan fingerprint density at radius 3 is 2.23 bits per heavy atom. The summed E-state index contributed by atoms with van der Waals surface area (Å²) in [6.07, 6.45) is 1.70. The molecule has 0 aliphatic rings. The van der Waals surface area contributed by atoms with Gasteiger partial charge in [0.15, 0.2) is 6.29 Å². The molecule has 4 nitrogen and oxygen atoms in total. The second-order valence-electron chi connectivity index (χ2n) is 8.34. The zero-order chi connectivity index (χ0) is 22.4. The van der Waals surface area contributed by atoms with Crippen LogP contribution in [0.2, 0.25) is 0 Å². The van der Waals surface area contributed by atoms with Crippen LogP contribution < -0.4 is 4.74 Å². The lowest BCUT2D eigenvalue weighted by atomic mass is 9.96. The van der Waals surface area contributed by atoms with E-state index in [1.54, 1.807) is 18.2 Å². The van der Waals surface area contributed by atoms with Crippen molar-refractivity contribution in [1.82, 2.24) is 0 Å². The molecule has 0 fully saturated rings. The fourth-order valence-corrected chi connectivity index (χ4v) is 3.34. The first kappa shape index (κ1) is 22.3. The van der Waals surface area contributed by atoms with Crippen molar-refractivity contribution in [3.8, 4) is 16.9 Å². The highest BCUT2D eigenvalue weighted by Gasteiger charge is 2.18. The van der Waals surface area contributed by atoms with Crippen molar-refractivity contribution in [2.45, 2.75) is 46.3 Å². The summed E-state index contributed by atoms with van der Waals surface area (Å²) in [5.74, 6) is 0.208. The Labute approximate surface area is 183 Å². The second-order valence-corrected chi connectivity index (χ2v) is 8.34. The summed E-state index contributed by atoms with van der Waals surface area (Å²) in [6, 6.07) is 20.9. The van der Waals surface area contributed by atoms with Crippen molar-refractivity contribution < 1.29 is 19.1 Å². The quantitative estimate of drug-likeness (QED) is 0.337. The van der Waals surface area contributed by atoms with E-state index < -0.39 is 5.60 Å². The Kier molecular flexibility index (Phi) is 6.91. The highest BCUT2D eigenvalue weighted by molar-refractivity contribution is 5.89. The van der Waals surface area contributed by atoms with Crippen LogP contribution >= 0.6 is 0 Å². The predicted octanol–water partition coefficient (Wildman–Crippen LogP) is 6.26. The van der Waals surface area contributed by atoms with Gasteiger partial charge in [-0.3, -0.25) is 4.79 Å². The molecule has 0 aliphatic heterocycles. The van der Waals surface area contributed by atoms with E-state index in [0.717, 1.165) is 29.4 Å². The number of carbonyl (C=O) groups is 2. The number of aldehydes is 1. The number of ether oxygens (including phenoxy) is 2. The maximum absolute atomic E-state index is 12.2. The highest BCUT2D eigenvalue weighted by Crippen LogP contribution is 2.35. The number of hydrogen-bond acceptors (Lipinski definition) is 4. The number of esters is 1. The second kappa shape index (κ2) is 9.61. The summed E-state index contributed by atoms with van der Waals surface area (Å²) in [5.41, 5.74) is 4.50. The molecule has 0 amide bonds. The zero-order valence-corrected chi connectivity index (χ0v) is 18.5. The van der Waals surface area contributed by atoms with Crippen molar-refractivity contribution in [3.63, 3.8) is 0 Å². The lowest BCUT2D eigenvalue weighted by Crippen LogP contribution is -2.23. The minimum Gasteiger partial charge on any atom is -0.488 e. The summed E-state index contributed by atoms with van der Waals surface area (Å²) >= 11 is 0. The molecule has 3 aromatic carbocycles. The third-order valence-electron chi connectivity index (χ3n) is 4.83. The molecule has 0 bridgehead atoms. The molecule has 160 valence electrons. The number of aryl methyl sites for hydroxylation is 1. The highest BCUT2D eigenvalue weighted by atomic mass is 16.6. The van der Waals surface area contributed by atoms with Crippen LogP contribution in [0.5, 0.6) is 5.75 Å². The fourth-order valence-electron chi connectivity index (χ4n) is 3.34. The SMILES string of the molecule is CCc1ccccc1-c1cccc(C=O)c1OCc1ccc(C(=O)OC(C)(C)C)cc1. The lowest BCUT2D eigenvalue weighted by molar-refractivity contribution is 0.00694. The maximum atomic E-state index is 12.2. The van der Waals surface area contributed by atoms with E-state index in [0.29, 0.717) is 16.9 Å². The maximum Gasteiger partial charge on any atom is 0.338 e. The standard InChI is InChI=1S/C27H28O4/c1-5-20-9-6-7-11-23(20)24-12-8-10-22(17-28)25(24)30-18-19-13-15-21(16-14-19)26(29)31-27(2,3)4/h6-17H,5,18H2,1-4H3. The first-order chi connectivity index (χ1) is 14.8. The normalized spacial score (nSPS) is 11.1. The van der Waals surface area contributed by atoms with Crippen LogP contribution in [0.1, 0.15) is 59.5 Å². The monoisotopic (exact) mass is 416 g/mol. The molecule has 0 spiro atoms. The third kappa shape index (κ3) is 5.60. The number of hydrogen-bond donors (Lipinski definition) is 0. The molecule has 0 atom stereocenters. The van der Waals surface area contributed by atoms with Gasteiger partial charge in [0.05, 0.1) is 11.1 Å². The fraction of sp³-hybridized carbons (Fsp3) is 0.259. The van der Waals surface area contributed by atoms with Crippen molar-refractivity contribution in [2.24, 2.45) is 0 Å². The van der Waals surface area contributed by atoms with E-state index in [1.807, 2.05) is 63.2 Å². The average molecular weight is 417 g/mol. The van der Waals surface area contributed by atoms with Gasteiger partial charge < -0.3 is 9.47 Å². The van der Waals surface area contributed by atoms with Crippen molar-refractivity contribution in [2.75, 3.05) is 0 Å². The van der Waals surface area contributed by atoms with Gasteiger partial charge in [0, 0.05) is 5.56 Å². The molecule has 0 saturated carbocycles. The minimum absolute atomic E-state index is 0.279. The Bertz CT molecular complexity index is 1060. The van der Waals surface area contributed by atoms with E-state index in [-0.39, 0.29) is 12.6 Å². The Hall–Kier alpha value is -3.40. The van der Waals surface area contributed by atoms with E-state index >= 15 is 0 Å². The third-order valence-corrected chi connectivity index (χ3v) is 4.83. The van der Waals surface area contributed by atoms with Crippen LogP contribution in [0.15, 0.2) is 66.7 Å². The molecule has 3 rings (SSSR count). The number of rotatable bonds is 7. The first-order valence-corrected chi connectivity index (χ1v) is 10.4. The van der Waals surface area contributed by atoms with Gasteiger partial charge in [0.1, 0.15) is 18.0 Å². The Morgan fingerprint density at radius 2 is 1.58 bits per heavy atom. The average Bonchev–Trinajstić information content (AvgIpc) is 2.76. The van der Waals surface area contributed by atoms with Gasteiger partial charge in [-0.2, -0.15) is 0 Å². The van der Waals surface area contributed by atoms with Crippen LogP contribution in [0.3, 0.4) is 0 Å². The molecule has 31 heavy (non-hydrogen) atoms. The molecule has 4 heteroatoms. The van der Waals surface area contributed by atoms with E-state index in [4.69, 9.17) is 9.47 Å². The lowest BCUT2D eigenvalue weighted by Gasteiger charge is -2.19. The van der Waals surface area contributed by atoms with Crippen LogP contribution in [0.4, 0.5) is 0 Å². The summed E-state index contributed by atoms with van der Waals surface area (Å²) in [7, 11) is 0. The number of benzene rings is 3. The predicted molar refractivity (Wildman–Crippen MR) is 123 cm³/mol. The first-order valence-electron chi connectivity index (χ1n) is 10.4. The van der Waals surface area contributed by atoms with Gasteiger partial charge in [-0.05, 0) is 62.1 Å². The zero-order valence-electron chi connectivity index (χ0n) is 18.5. The van der Waals surface area contributed by atoms with E-state index in [2.05, 4.69) is 13.0 Å². The molecular formula is C27H28O4. The van der Waals surface area contributed by atoms with Gasteiger partial charge in [-0.25, -0.2) is 4.79 Å². The van der Waals surface area contributed by atoms with Gasteiger partial charge in [-0.15, -0.1) is 0 Å². The van der Waals surface area contributed by atoms with Crippen molar-refractivity contribution in [3.05, 3.63) is 89.0 Å². The minimum atomic E-state index is -0.539. The van der Waals surface area contributed by atoms with Crippen LogP contribution in [0.25, 0.3) is 11.1 Å². The molecule has 0 radical (unpaired) electrons. The molecule has 0 N–H and O–H groups in total. The topological polar surface area (TPSA) is 52.6 Å². The summed E-state index contributed by atoms with van der Waals surface area (Å²) < 4.78 is 11.5. The van der Waals surface area contributed by atoms with Gasteiger partial charge in [0.25, 0.3) is 0 Å². The van der Waals surface area contributed by atoms with E-state index in [9.17, 15) is 9.59 Å². The number of carbonyl (C=O) groups excluding carboxylic acids is 2. The molecule has 0 heterocycles. The summed E-state index contributed by atoms with van der Waals surface area (Å²) in [4.78, 5) is 23.9. The van der Waals surface area contributed by atoms with Gasteiger partial charge in [0.2, 0.25) is 0 Å². The van der Waals surface area contributed by atoms with Gasteiger partial charge in [-0.1, -0.05) is 55.5 Å². The summed E-state index contributed by atoms with van der Waals surface area (Å²) in [5, 5.41) is 0. The Balaban J connectivity index is 1.83. The van der Waals surface area contributed by atoms with Crippen LogP contribution in [0, 0.1) is 0 Å².